The first kappa shape index (κ1) is 11.9. The number of hydrogen-bond donors (Lipinski definition) is 0. The fourth-order valence-electron chi connectivity index (χ4n) is 0.963. The minimum atomic E-state index is -0.303. The number of ether oxygens (including phenoxy) is 1. The van der Waals surface area contributed by atoms with Crippen LogP contribution in [0.25, 0.3) is 0 Å². The molecular formula is C11H18O2. The van der Waals surface area contributed by atoms with E-state index in [-0.39, 0.29) is 5.97 Å². The molecule has 0 aliphatic rings. The first-order valence-corrected chi connectivity index (χ1v) is 4.56. The number of carbonyl (C=O) groups is 1. The lowest BCUT2D eigenvalue weighted by Crippen LogP contribution is -1.94. The fourth-order valence-corrected chi connectivity index (χ4v) is 0.963. The van der Waals surface area contributed by atoms with Crippen molar-refractivity contribution in [3.8, 4) is 0 Å². The van der Waals surface area contributed by atoms with Crippen molar-refractivity contribution in [3.05, 3.63) is 23.8 Å². The van der Waals surface area contributed by atoms with Crippen molar-refractivity contribution in [3.63, 3.8) is 0 Å². The minimum Gasteiger partial charge on any atom is -0.466 e. The summed E-state index contributed by atoms with van der Waals surface area (Å²) < 4.78 is 4.50. The second kappa shape index (κ2) is 6.46. The second-order valence-corrected chi connectivity index (χ2v) is 3.20. The zero-order valence-corrected chi connectivity index (χ0v) is 8.83. The summed E-state index contributed by atoms with van der Waals surface area (Å²) in [4.78, 5) is 10.8. The third kappa shape index (κ3) is 6.14. The van der Waals surface area contributed by atoms with E-state index in [2.05, 4.69) is 31.6 Å². The maximum Gasteiger partial charge on any atom is 0.330 e. The molecule has 0 unspecified atom stereocenters. The van der Waals surface area contributed by atoms with Crippen LogP contribution in [0, 0.1) is 5.92 Å². The summed E-state index contributed by atoms with van der Waals surface area (Å²) in [5.74, 6) is 0.209. The molecule has 0 heterocycles. The van der Waals surface area contributed by atoms with Crippen LogP contribution in [0.1, 0.15) is 27.2 Å². The van der Waals surface area contributed by atoms with Gasteiger partial charge in [-0.1, -0.05) is 38.5 Å². The van der Waals surface area contributed by atoms with Crippen molar-refractivity contribution in [2.24, 2.45) is 5.92 Å². The van der Waals surface area contributed by atoms with Gasteiger partial charge in [-0.05, 0) is 12.3 Å². The van der Waals surface area contributed by atoms with Gasteiger partial charge in [0.05, 0.1) is 7.11 Å². The highest BCUT2D eigenvalue weighted by atomic mass is 16.5. The highest BCUT2D eigenvalue weighted by Gasteiger charge is 1.94. The van der Waals surface area contributed by atoms with E-state index >= 15 is 0 Å². The van der Waals surface area contributed by atoms with Gasteiger partial charge in [-0.3, -0.25) is 0 Å². The third-order valence-electron chi connectivity index (χ3n) is 1.59. The molecule has 0 bridgehead atoms. The molecule has 0 aromatic carbocycles. The van der Waals surface area contributed by atoms with Gasteiger partial charge in [-0.15, -0.1) is 0 Å². The zero-order chi connectivity index (χ0) is 10.3. The number of hydrogen-bond acceptors (Lipinski definition) is 2. The van der Waals surface area contributed by atoms with E-state index in [1.165, 1.54) is 18.8 Å². The average Bonchev–Trinajstić information content (AvgIpc) is 2.10. The molecule has 0 amide bonds. The van der Waals surface area contributed by atoms with Gasteiger partial charge in [0.1, 0.15) is 0 Å². The number of esters is 1. The highest BCUT2D eigenvalue weighted by molar-refractivity contribution is 5.82. The molecule has 0 aromatic rings. The molecule has 0 radical (unpaired) electrons. The number of carbonyl (C=O) groups excluding carboxylic acids is 1. The van der Waals surface area contributed by atoms with Crippen LogP contribution in [0.15, 0.2) is 23.8 Å². The van der Waals surface area contributed by atoms with Gasteiger partial charge in [0.25, 0.3) is 0 Å². The normalized spacial score (nSPS) is 12.5. The lowest BCUT2D eigenvalue weighted by atomic mass is 10.1. The van der Waals surface area contributed by atoms with Gasteiger partial charge in [-0.2, -0.15) is 0 Å². The Balaban J connectivity index is 4.28. The predicted octanol–water partition coefficient (Wildman–Crippen LogP) is 2.71. The van der Waals surface area contributed by atoms with Gasteiger partial charge >= 0.3 is 5.97 Å². The quantitative estimate of drug-likeness (QED) is 0.379. The van der Waals surface area contributed by atoms with Crippen LogP contribution in [0.3, 0.4) is 0 Å². The Hall–Kier alpha value is -1.05. The fraction of sp³-hybridized carbons (Fsp3) is 0.545. The number of rotatable bonds is 4. The molecule has 0 N–H and O–H groups in total. The molecule has 0 aliphatic heterocycles. The Morgan fingerprint density at radius 1 is 1.38 bits per heavy atom. The van der Waals surface area contributed by atoms with E-state index in [4.69, 9.17) is 0 Å². The summed E-state index contributed by atoms with van der Waals surface area (Å²) in [6, 6.07) is 0. The number of allylic oxidation sites excluding steroid dienone is 3. The van der Waals surface area contributed by atoms with E-state index in [0.717, 1.165) is 6.42 Å². The summed E-state index contributed by atoms with van der Waals surface area (Å²) in [6.07, 6.45) is 6.34. The summed E-state index contributed by atoms with van der Waals surface area (Å²) in [7, 11) is 1.38. The Kier molecular flexibility index (Phi) is 5.94. The molecule has 74 valence electrons. The average molecular weight is 182 g/mol. The molecule has 0 rings (SSSR count). The first-order chi connectivity index (χ1) is 6.10. The Morgan fingerprint density at radius 2 is 2.00 bits per heavy atom. The topological polar surface area (TPSA) is 26.3 Å². The zero-order valence-electron chi connectivity index (χ0n) is 8.83. The SMILES string of the molecule is CCC(C=CC(=O)OC)=CC(C)C. The van der Waals surface area contributed by atoms with Gasteiger partial charge < -0.3 is 4.74 Å². The first-order valence-electron chi connectivity index (χ1n) is 4.56. The van der Waals surface area contributed by atoms with Crippen molar-refractivity contribution in [1.82, 2.24) is 0 Å². The molecule has 13 heavy (non-hydrogen) atoms. The summed E-state index contributed by atoms with van der Waals surface area (Å²) in [5, 5.41) is 0. The van der Waals surface area contributed by atoms with E-state index in [1.807, 2.05) is 6.08 Å². The maximum absolute atomic E-state index is 10.8. The van der Waals surface area contributed by atoms with Crippen molar-refractivity contribution in [2.45, 2.75) is 27.2 Å². The summed E-state index contributed by atoms with van der Waals surface area (Å²) >= 11 is 0. The molecule has 0 saturated carbocycles. The molecule has 0 spiro atoms. The smallest absolute Gasteiger partial charge is 0.330 e. The Bertz CT molecular complexity index is 212. The molecule has 0 aliphatic carbocycles. The highest BCUT2D eigenvalue weighted by Crippen LogP contribution is 2.07. The van der Waals surface area contributed by atoms with Crippen molar-refractivity contribution < 1.29 is 9.53 Å². The van der Waals surface area contributed by atoms with Gasteiger partial charge in [0, 0.05) is 6.08 Å². The van der Waals surface area contributed by atoms with Crippen LogP contribution in [-0.2, 0) is 9.53 Å². The molecular weight excluding hydrogens is 164 g/mol. The van der Waals surface area contributed by atoms with E-state index < -0.39 is 0 Å². The number of methoxy groups -OCH3 is 1. The van der Waals surface area contributed by atoms with Crippen molar-refractivity contribution >= 4 is 5.97 Å². The van der Waals surface area contributed by atoms with Crippen LogP contribution >= 0.6 is 0 Å². The van der Waals surface area contributed by atoms with Crippen molar-refractivity contribution in [2.75, 3.05) is 7.11 Å². The van der Waals surface area contributed by atoms with Crippen LogP contribution in [0.4, 0.5) is 0 Å². The third-order valence-corrected chi connectivity index (χ3v) is 1.59. The molecule has 0 atom stereocenters. The van der Waals surface area contributed by atoms with Crippen LogP contribution in [0.5, 0.6) is 0 Å². The lowest BCUT2D eigenvalue weighted by Gasteiger charge is -2.00. The monoisotopic (exact) mass is 182 g/mol. The van der Waals surface area contributed by atoms with E-state index in [9.17, 15) is 4.79 Å². The van der Waals surface area contributed by atoms with Gasteiger partial charge in [-0.25, -0.2) is 4.79 Å². The lowest BCUT2D eigenvalue weighted by molar-refractivity contribution is -0.134. The second-order valence-electron chi connectivity index (χ2n) is 3.20. The maximum atomic E-state index is 10.8. The molecule has 0 fully saturated rings. The minimum absolute atomic E-state index is 0.303. The standard InChI is InChI=1S/C11H18O2/c1-5-10(8-9(2)3)6-7-11(12)13-4/h6-9H,5H2,1-4H3. The van der Waals surface area contributed by atoms with Gasteiger partial charge in [0.15, 0.2) is 0 Å². The Labute approximate surface area is 80.3 Å². The summed E-state index contributed by atoms with van der Waals surface area (Å²) in [5.41, 5.74) is 1.17. The van der Waals surface area contributed by atoms with Crippen LogP contribution in [0.2, 0.25) is 0 Å². The van der Waals surface area contributed by atoms with Crippen LogP contribution in [-0.4, -0.2) is 13.1 Å². The van der Waals surface area contributed by atoms with Crippen LogP contribution < -0.4 is 0 Å². The molecule has 2 heteroatoms. The largest absolute Gasteiger partial charge is 0.466 e. The molecule has 0 aromatic heterocycles. The molecule has 2 nitrogen and oxygen atoms in total. The van der Waals surface area contributed by atoms with Gasteiger partial charge in [0.2, 0.25) is 0 Å². The van der Waals surface area contributed by atoms with E-state index in [1.54, 1.807) is 0 Å². The molecule has 0 saturated heterocycles. The Morgan fingerprint density at radius 3 is 2.38 bits per heavy atom. The van der Waals surface area contributed by atoms with E-state index in [0.29, 0.717) is 5.92 Å². The summed E-state index contributed by atoms with van der Waals surface area (Å²) in [6.45, 7) is 6.29. The van der Waals surface area contributed by atoms with Crippen molar-refractivity contribution in [1.29, 1.82) is 0 Å². The predicted molar refractivity (Wildman–Crippen MR) is 54.4 cm³/mol.